The molecule has 2 aromatic rings. The number of hydrogen-bond acceptors (Lipinski definition) is 2. The SMILES string of the molecule is COc1cccc(CN(C)C(=O)c2cc(Br)ccc2C)c1. The number of hydrogen-bond donors (Lipinski definition) is 0. The predicted octanol–water partition coefficient (Wildman–Crippen LogP) is 4.04. The lowest BCUT2D eigenvalue weighted by Crippen LogP contribution is -2.26. The van der Waals surface area contributed by atoms with Crippen molar-refractivity contribution in [1.29, 1.82) is 0 Å². The van der Waals surface area contributed by atoms with Crippen molar-refractivity contribution in [2.24, 2.45) is 0 Å². The number of aryl methyl sites for hydroxylation is 1. The zero-order chi connectivity index (χ0) is 15.4. The van der Waals surface area contributed by atoms with Gasteiger partial charge in [0.05, 0.1) is 7.11 Å². The number of carbonyl (C=O) groups is 1. The van der Waals surface area contributed by atoms with Crippen LogP contribution in [0.2, 0.25) is 0 Å². The van der Waals surface area contributed by atoms with Crippen LogP contribution >= 0.6 is 15.9 Å². The minimum absolute atomic E-state index is 0.0108. The average Bonchev–Trinajstić information content (AvgIpc) is 2.49. The molecule has 0 saturated heterocycles. The normalized spacial score (nSPS) is 10.3. The molecule has 2 aromatic carbocycles. The maximum absolute atomic E-state index is 12.6. The van der Waals surface area contributed by atoms with E-state index in [-0.39, 0.29) is 5.91 Å². The Kier molecular flexibility index (Phi) is 5.02. The van der Waals surface area contributed by atoms with Gasteiger partial charge in [0.2, 0.25) is 0 Å². The van der Waals surface area contributed by atoms with E-state index in [1.807, 2.05) is 56.4 Å². The molecule has 0 saturated carbocycles. The lowest BCUT2D eigenvalue weighted by atomic mass is 10.1. The Morgan fingerprint density at radius 3 is 2.71 bits per heavy atom. The van der Waals surface area contributed by atoms with Gasteiger partial charge >= 0.3 is 0 Å². The number of carbonyl (C=O) groups excluding carboxylic acids is 1. The number of amides is 1. The molecule has 0 fully saturated rings. The number of ether oxygens (including phenoxy) is 1. The Bertz CT molecular complexity index is 655. The molecule has 0 aromatic heterocycles. The predicted molar refractivity (Wildman–Crippen MR) is 87.7 cm³/mol. The summed E-state index contributed by atoms with van der Waals surface area (Å²) in [6.07, 6.45) is 0. The van der Waals surface area contributed by atoms with Crippen LogP contribution in [0.5, 0.6) is 5.75 Å². The van der Waals surface area contributed by atoms with Gasteiger partial charge in [-0.05, 0) is 42.3 Å². The van der Waals surface area contributed by atoms with Gasteiger partial charge in [0.25, 0.3) is 5.91 Å². The average molecular weight is 348 g/mol. The minimum Gasteiger partial charge on any atom is -0.497 e. The molecule has 1 amide bonds. The molecule has 0 heterocycles. The van der Waals surface area contributed by atoms with E-state index in [1.165, 1.54) is 0 Å². The van der Waals surface area contributed by atoms with E-state index in [0.29, 0.717) is 6.54 Å². The van der Waals surface area contributed by atoms with Crippen molar-refractivity contribution >= 4 is 21.8 Å². The second-order valence-electron chi connectivity index (χ2n) is 4.97. The summed E-state index contributed by atoms with van der Waals surface area (Å²) in [5.41, 5.74) is 2.73. The lowest BCUT2D eigenvalue weighted by molar-refractivity contribution is 0.0784. The summed E-state index contributed by atoms with van der Waals surface area (Å²) in [5, 5.41) is 0. The van der Waals surface area contributed by atoms with Gasteiger partial charge in [-0.1, -0.05) is 34.1 Å². The number of halogens is 1. The summed E-state index contributed by atoms with van der Waals surface area (Å²) in [6, 6.07) is 13.5. The summed E-state index contributed by atoms with van der Waals surface area (Å²) in [4.78, 5) is 14.3. The zero-order valence-electron chi connectivity index (χ0n) is 12.4. The van der Waals surface area contributed by atoms with Crippen LogP contribution in [-0.2, 0) is 6.54 Å². The zero-order valence-corrected chi connectivity index (χ0v) is 14.0. The Hall–Kier alpha value is -1.81. The third-order valence-electron chi connectivity index (χ3n) is 3.33. The van der Waals surface area contributed by atoms with E-state index in [1.54, 1.807) is 12.0 Å². The molecule has 0 unspecified atom stereocenters. The largest absolute Gasteiger partial charge is 0.497 e. The molecule has 4 heteroatoms. The summed E-state index contributed by atoms with van der Waals surface area (Å²) in [5.74, 6) is 0.809. The van der Waals surface area contributed by atoms with Crippen LogP contribution < -0.4 is 4.74 Å². The van der Waals surface area contributed by atoms with Gasteiger partial charge in [0.1, 0.15) is 5.75 Å². The van der Waals surface area contributed by atoms with Crippen molar-refractivity contribution in [3.05, 3.63) is 63.6 Å². The van der Waals surface area contributed by atoms with Crippen LogP contribution in [0.25, 0.3) is 0 Å². The Morgan fingerprint density at radius 1 is 1.24 bits per heavy atom. The Morgan fingerprint density at radius 2 is 2.00 bits per heavy atom. The summed E-state index contributed by atoms with van der Waals surface area (Å²) in [7, 11) is 3.45. The van der Waals surface area contributed by atoms with Crippen LogP contribution in [0.3, 0.4) is 0 Å². The summed E-state index contributed by atoms with van der Waals surface area (Å²) >= 11 is 3.41. The highest BCUT2D eigenvalue weighted by atomic mass is 79.9. The fourth-order valence-electron chi connectivity index (χ4n) is 2.15. The number of benzene rings is 2. The summed E-state index contributed by atoms with van der Waals surface area (Å²) in [6.45, 7) is 2.49. The molecular weight excluding hydrogens is 330 g/mol. The van der Waals surface area contributed by atoms with E-state index in [4.69, 9.17) is 4.74 Å². The maximum Gasteiger partial charge on any atom is 0.254 e. The fraction of sp³-hybridized carbons (Fsp3) is 0.235. The first kappa shape index (κ1) is 15.6. The van der Waals surface area contributed by atoms with E-state index in [9.17, 15) is 4.79 Å². The van der Waals surface area contributed by atoms with Crippen molar-refractivity contribution in [3.8, 4) is 5.75 Å². The van der Waals surface area contributed by atoms with Crippen LogP contribution in [0.4, 0.5) is 0 Å². The molecular formula is C17H18BrNO2. The third kappa shape index (κ3) is 3.85. The van der Waals surface area contributed by atoms with Crippen molar-refractivity contribution in [2.45, 2.75) is 13.5 Å². The van der Waals surface area contributed by atoms with Crippen LogP contribution in [0.15, 0.2) is 46.9 Å². The molecule has 0 radical (unpaired) electrons. The van der Waals surface area contributed by atoms with Gasteiger partial charge in [-0.25, -0.2) is 0 Å². The van der Waals surface area contributed by atoms with E-state index >= 15 is 0 Å². The van der Waals surface area contributed by atoms with E-state index < -0.39 is 0 Å². The highest BCUT2D eigenvalue weighted by Crippen LogP contribution is 2.19. The first-order valence-corrected chi connectivity index (χ1v) is 7.45. The first-order chi connectivity index (χ1) is 10.0. The molecule has 0 aliphatic carbocycles. The fourth-order valence-corrected chi connectivity index (χ4v) is 2.51. The molecule has 110 valence electrons. The molecule has 0 spiro atoms. The second kappa shape index (κ2) is 6.76. The molecule has 0 bridgehead atoms. The number of rotatable bonds is 4. The van der Waals surface area contributed by atoms with E-state index in [0.717, 1.165) is 26.9 Å². The monoisotopic (exact) mass is 347 g/mol. The van der Waals surface area contributed by atoms with Crippen LogP contribution in [0, 0.1) is 6.92 Å². The summed E-state index contributed by atoms with van der Waals surface area (Å²) < 4.78 is 6.12. The third-order valence-corrected chi connectivity index (χ3v) is 3.82. The van der Waals surface area contributed by atoms with Crippen molar-refractivity contribution in [1.82, 2.24) is 4.90 Å². The molecule has 0 atom stereocenters. The molecule has 3 nitrogen and oxygen atoms in total. The number of methoxy groups -OCH3 is 1. The van der Waals surface area contributed by atoms with Gasteiger partial charge in [0, 0.05) is 23.6 Å². The molecule has 0 aliphatic heterocycles. The molecule has 0 N–H and O–H groups in total. The smallest absolute Gasteiger partial charge is 0.254 e. The lowest BCUT2D eigenvalue weighted by Gasteiger charge is -2.19. The van der Waals surface area contributed by atoms with Gasteiger partial charge in [0.15, 0.2) is 0 Å². The van der Waals surface area contributed by atoms with E-state index in [2.05, 4.69) is 15.9 Å². The van der Waals surface area contributed by atoms with Crippen molar-refractivity contribution in [2.75, 3.05) is 14.2 Å². The Labute approximate surface area is 133 Å². The molecule has 0 aliphatic rings. The van der Waals surface area contributed by atoms with Crippen molar-refractivity contribution in [3.63, 3.8) is 0 Å². The minimum atomic E-state index is 0.0108. The highest BCUT2D eigenvalue weighted by Gasteiger charge is 2.15. The second-order valence-corrected chi connectivity index (χ2v) is 5.89. The quantitative estimate of drug-likeness (QED) is 0.835. The first-order valence-electron chi connectivity index (χ1n) is 6.66. The molecule has 2 rings (SSSR count). The van der Waals surface area contributed by atoms with Crippen LogP contribution in [-0.4, -0.2) is 25.0 Å². The highest BCUT2D eigenvalue weighted by molar-refractivity contribution is 9.10. The van der Waals surface area contributed by atoms with Gasteiger partial charge in [-0.15, -0.1) is 0 Å². The standard InChI is InChI=1S/C17H18BrNO2/c1-12-7-8-14(18)10-16(12)17(20)19(2)11-13-5-4-6-15(9-13)21-3/h4-10H,11H2,1-3H3. The van der Waals surface area contributed by atoms with Gasteiger partial charge in [-0.2, -0.15) is 0 Å². The maximum atomic E-state index is 12.6. The van der Waals surface area contributed by atoms with Crippen molar-refractivity contribution < 1.29 is 9.53 Å². The molecule has 21 heavy (non-hydrogen) atoms. The topological polar surface area (TPSA) is 29.5 Å². The Balaban J connectivity index is 2.17. The van der Waals surface area contributed by atoms with Gasteiger partial charge < -0.3 is 9.64 Å². The number of nitrogens with zero attached hydrogens (tertiary/aromatic N) is 1. The van der Waals surface area contributed by atoms with Crippen LogP contribution in [0.1, 0.15) is 21.5 Å². The van der Waals surface area contributed by atoms with Gasteiger partial charge in [-0.3, -0.25) is 4.79 Å².